The molecule has 0 spiro atoms. The van der Waals surface area contributed by atoms with E-state index in [1.165, 1.54) is 11.1 Å². The van der Waals surface area contributed by atoms with Crippen LogP contribution in [0.15, 0.2) is 35.8 Å². The Morgan fingerprint density at radius 3 is 2.74 bits per heavy atom. The normalized spacial score (nSPS) is 11.3. The van der Waals surface area contributed by atoms with Crippen molar-refractivity contribution in [1.29, 1.82) is 0 Å². The molecular weight excluding hydrogens is 260 g/mol. The zero-order chi connectivity index (χ0) is 13.9. The standard InChI is InChI=1S/C14H16N2O2S/c1-14(2,11-4-3-7-19-11)9-16-12-6-5-10(8-15-12)13(17)18/h3-8H,9H2,1-2H3,(H,15,16)(H,17,18). The van der Waals surface area contributed by atoms with Crippen LogP contribution in [0.1, 0.15) is 29.1 Å². The number of pyridine rings is 1. The lowest BCUT2D eigenvalue weighted by Crippen LogP contribution is -2.26. The molecule has 2 aromatic rings. The van der Waals surface area contributed by atoms with Crippen molar-refractivity contribution in [1.82, 2.24) is 4.98 Å². The minimum atomic E-state index is -0.960. The number of hydrogen-bond acceptors (Lipinski definition) is 4. The maximum Gasteiger partial charge on any atom is 0.337 e. The average Bonchev–Trinajstić information content (AvgIpc) is 2.91. The third-order valence-electron chi connectivity index (χ3n) is 2.91. The van der Waals surface area contributed by atoms with Crippen molar-refractivity contribution in [2.45, 2.75) is 19.3 Å². The van der Waals surface area contributed by atoms with E-state index < -0.39 is 5.97 Å². The Morgan fingerprint density at radius 2 is 2.21 bits per heavy atom. The maximum absolute atomic E-state index is 10.7. The SMILES string of the molecule is CC(C)(CNc1ccc(C(=O)O)cn1)c1cccs1. The number of aromatic carboxylic acids is 1. The van der Waals surface area contributed by atoms with Gasteiger partial charge in [-0.1, -0.05) is 19.9 Å². The molecule has 100 valence electrons. The summed E-state index contributed by atoms with van der Waals surface area (Å²) in [5.41, 5.74) is 0.212. The van der Waals surface area contributed by atoms with Gasteiger partial charge in [-0.15, -0.1) is 11.3 Å². The highest BCUT2D eigenvalue weighted by molar-refractivity contribution is 7.10. The van der Waals surface area contributed by atoms with E-state index in [9.17, 15) is 4.79 Å². The third kappa shape index (κ3) is 3.32. The third-order valence-corrected chi connectivity index (χ3v) is 4.15. The van der Waals surface area contributed by atoms with Gasteiger partial charge in [0.25, 0.3) is 0 Å². The fourth-order valence-corrected chi connectivity index (χ4v) is 2.54. The van der Waals surface area contributed by atoms with E-state index in [2.05, 4.69) is 35.6 Å². The molecule has 0 amide bonds. The van der Waals surface area contributed by atoms with Crippen LogP contribution in [-0.4, -0.2) is 22.6 Å². The number of rotatable bonds is 5. The number of nitrogens with zero attached hydrogens (tertiary/aromatic N) is 1. The lowest BCUT2D eigenvalue weighted by Gasteiger charge is -2.23. The summed E-state index contributed by atoms with van der Waals surface area (Å²) in [6, 6.07) is 7.40. The fourth-order valence-electron chi connectivity index (χ4n) is 1.69. The molecule has 2 rings (SSSR count). The zero-order valence-corrected chi connectivity index (χ0v) is 11.7. The number of carboxylic acids is 1. The van der Waals surface area contributed by atoms with Crippen LogP contribution in [0.3, 0.4) is 0 Å². The number of nitrogens with one attached hydrogen (secondary N) is 1. The predicted octanol–water partition coefficient (Wildman–Crippen LogP) is 3.23. The van der Waals surface area contributed by atoms with E-state index in [0.29, 0.717) is 5.82 Å². The van der Waals surface area contributed by atoms with Crippen molar-refractivity contribution < 1.29 is 9.90 Å². The molecule has 2 N–H and O–H groups in total. The molecule has 0 fully saturated rings. The molecule has 0 unspecified atom stereocenters. The summed E-state index contributed by atoms with van der Waals surface area (Å²) in [4.78, 5) is 16.1. The summed E-state index contributed by atoms with van der Waals surface area (Å²) in [7, 11) is 0. The van der Waals surface area contributed by atoms with Gasteiger partial charge in [-0.3, -0.25) is 0 Å². The first kappa shape index (κ1) is 13.5. The Kier molecular flexibility index (Phi) is 3.85. The first-order chi connectivity index (χ1) is 8.99. The molecule has 0 saturated carbocycles. The van der Waals surface area contributed by atoms with Gasteiger partial charge in [0.05, 0.1) is 5.56 Å². The summed E-state index contributed by atoms with van der Waals surface area (Å²) in [6.45, 7) is 5.07. The Morgan fingerprint density at radius 1 is 1.42 bits per heavy atom. The number of thiophene rings is 1. The largest absolute Gasteiger partial charge is 0.478 e. The van der Waals surface area contributed by atoms with Crippen LogP contribution in [-0.2, 0) is 5.41 Å². The van der Waals surface area contributed by atoms with Gasteiger partial charge >= 0.3 is 5.97 Å². The monoisotopic (exact) mass is 276 g/mol. The van der Waals surface area contributed by atoms with Gasteiger partial charge in [0, 0.05) is 23.0 Å². The van der Waals surface area contributed by atoms with Crippen molar-refractivity contribution in [2.24, 2.45) is 0 Å². The summed E-state index contributed by atoms with van der Waals surface area (Å²) < 4.78 is 0. The van der Waals surface area contributed by atoms with E-state index in [0.717, 1.165) is 6.54 Å². The van der Waals surface area contributed by atoms with Gasteiger partial charge in [0.15, 0.2) is 0 Å². The molecule has 5 heteroatoms. The highest BCUT2D eigenvalue weighted by atomic mass is 32.1. The highest BCUT2D eigenvalue weighted by Crippen LogP contribution is 2.27. The minimum Gasteiger partial charge on any atom is -0.478 e. The molecule has 2 heterocycles. The van der Waals surface area contributed by atoms with Gasteiger partial charge in [-0.2, -0.15) is 0 Å². The molecule has 0 saturated heterocycles. The van der Waals surface area contributed by atoms with Gasteiger partial charge in [0.2, 0.25) is 0 Å². The zero-order valence-electron chi connectivity index (χ0n) is 10.9. The average molecular weight is 276 g/mol. The molecular formula is C14H16N2O2S. The summed E-state index contributed by atoms with van der Waals surface area (Å²) in [5.74, 6) is -0.271. The summed E-state index contributed by atoms with van der Waals surface area (Å²) in [6.07, 6.45) is 1.36. The number of hydrogen-bond donors (Lipinski definition) is 2. The second-order valence-electron chi connectivity index (χ2n) is 4.95. The summed E-state index contributed by atoms with van der Waals surface area (Å²) in [5, 5.41) is 14.1. The Hall–Kier alpha value is -1.88. The molecule has 0 aliphatic rings. The second-order valence-corrected chi connectivity index (χ2v) is 5.90. The van der Waals surface area contributed by atoms with Crippen molar-refractivity contribution >= 4 is 23.1 Å². The van der Waals surface area contributed by atoms with Crippen LogP contribution in [0.5, 0.6) is 0 Å². The van der Waals surface area contributed by atoms with Crippen LogP contribution in [0.25, 0.3) is 0 Å². The van der Waals surface area contributed by atoms with Crippen LogP contribution in [0, 0.1) is 0 Å². The fraction of sp³-hybridized carbons (Fsp3) is 0.286. The van der Waals surface area contributed by atoms with Gasteiger partial charge in [-0.05, 0) is 23.6 Å². The van der Waals surface area contributed by atoms with E-state index in [1.807, 2.05) is 6.07 Å². The summed E-state index contributed by atoms with van der Waals surface area (Å²) >= 11 is 1.73. The van der Waals surface area contributed by atoms with Gasteiger partial charge < -0.3 is 10.4 Å². The van der Waals surface area contributed by atoms with Gasteiger partial charge in [0.1, 0.15) is 5.82 Å². The molecule has 0 bridgehead atoms. The first-order valence-corrected chi connectivity index (χ1v) is 6.84. The lowest BCUT2D eigenvalue weighted by atomic mass is 9.91. The molecule has 0 aromatic carbocycles. The number of carboxylic acid groups (broad SMARTS) is 1. The Labute approximate surface area is 116 Å². The molecule has 4 nitrogen and oxygen atoms in total. The predicted molar refractivity (Wildman–Crippen MR) is 77.0 cm³/mol. The molecule has 2 aromatic heterocycles. The number of carbonyl (C=O) groups is 1. The second kappa shape index (κ2) is 5.40. The van der Waals surface area contributed by atoms with E-state index >= 15 is 0 Å². The van der Waals surface area contributed by atoms with E-state index in [4.69, 9.17) is 5.11 Å². The van der Waals surface area contributed by atoms with Gasteiger partial charge in [-0.25, -0.2) is 9.78 Å². The number of anilines is 1. The molecule has 0 atom stereocenters. The maximum atomic E-state index is 10.7. The minimum absolute atomic E-state index is 0.0152. The topological polar surface area (TPSA) is 62.2 Å². The molecule has 0 radical (unpaired) electrons. The van der Waals surface area contributed by atoms with Crippen molar-refractivity contribution in [3.63, 3.8) is 0 Å². The molecule has 19 heavy (non-hydrogen) atoms. The Bertz CT molecular complexity index is 547. The number of aromatic nitrogens is 1. The van der Waals surface area contributed by atoms with Crippen LogP contribution in [0.4, 0.5) is 5.82 Å². The van der Waals surface area contributed by atoms with Crippen molar-refractivity contribution in [3.8, 4) is 0 Å². The van der Waals surface area contributed by atoms with Crippen LogP contribution in [0.2, 0.25) is 0 Å². The first-order valence-electron chi connectivity index (χ1n) is 5.96. The lowest BCUT2D eigenvalue weighted by molar-refractivity contribution is 0.0696. The van der Waals surface area contributed by atoms with Crippen molar-refractivity contribution in [3.05, 3.63) is 46.3 Å². The quantitative estimate of drug-likeness (QED) is 0.880. The highest BCUT2D eigenvalue weighted by Gasteiger charge is 2.21. The van der Waals surface area contributed by atoms with Crippen molar-refractivity contribution in [2.75, 3.05) is 11.9 Å². The molecule has 0 aliphatic heterocycles. The van der Waals surface area contributed by atoms with E-state index in [-0.39, 0.29) is 11.0 Å². The van der Waals surface area contributed by atoms with Crippen LogP contribution < -0.4 is 5.32 Å². The van der Waals surface area contributed by atoms with Crippen LogP contribution >= 0.6 is 11.3 Å². The molecule has 0 aliphatic carbocycles. The Balaban J connectivity index is 2.00. The van der Waals surface area contributed by atoms with E-state index in [1.54, 1.807) is 23.5 Å². The smallest absolute Gasteiger partial charge is 0.337 e.